The number of rotatable bonds is 7. The summed E-state index contributed by atoms with van der Waals surface area (Å²) in [5.41, 5.74) is 0. The first-order valence-corrected chi connectivity index (χ1v) is 5.68. The van der Waals surface area contributed by atoms with Gasteiger partial charge in [-0.1, -0.05) is 6.07 Å². The second kappa shape index (κ2) is 7.54. The summed E-state index contributed by atoms with van der Waals surface area (Å²) in [6.45, 7) is 3.06. The van der Waals surface area contributed by atoms with Crippen LogP contribution in [-0.2, 0) is 9.53 Å². The van der Waals surface area contributed by atoms with Crippen molar-refractivity contribution < 1.29 is 19.0 Å². The Kier molecular flexibility index (Phi) is 5.93. The standard InChI is InChI=1S/C13H18O4/c1-3-16-11-6-4-7-12(10-11)17-9-5-8-13(14)15-2/h4,6-7,10H,3,5,8-9H2,1-2H3. The lowest BCUT2D eigenvalue weighted by Crippen LogP contribution is -2.04. The summed E-state index contributed by atoms with van der Waals surface area (Å²) in [7, 11) is 1.38. The number of carbonyl (C=O) groups is 1. The molecule has 17 heavy (non-hydrogen) atoms. The van der Waals surface area contributed by atoms with Gasteiger partial charge in [0.1, 0.15) is 11.5 Å². The Hall–Kier alpha value is -1.71. The van der Waals surface area contributed by atoms with Crippen LogP contribution >= 0.6 is 0 Å². The molecule has 1 aromatic rings. The first-order chi connectivity index (χ1) is 8.26. The number of benzene rings is 1. The predicted molar refractivity (Wildman–Crippen MR) is 64.4 cm³/mol. The molecule has 0 heterocycles. The zero-order chi connectivity index (χ0) is 12.5. The van der Waals surface area contributed by atoms with Gasteiger partial charge in [0.05, 0.1) is 20.3 Å². The Bertz CT molecular complexity index is 349. The lowest BCUT2D eigenvalue weighted by atomic mass is 10.3. The van der Waals surface area contributed by atoms with E-state index in [0.717, 1.165) is 11.5 Å². The molecule has 0 N–H and O–H groups in total. The largest absolute Gasteiger partial charge is 0.494 e. The van der Waals surface area contributed by atoms with Gasteiger partial charge in [-0.05, 0) is 25.5 Å². The fraction of sp³-hybridized carbons (Fsp3) is 0.462. The number of methoxy groups -OCH3 is 1. The molecule has 0 aromatic heterocycles. The second-order valence-corrected chi connectivity index (χ2v) is 3.44. The van der Waals surface area contributed by atoms with Crippen molar-refractivity contribution in [1.82, 2.24) is 0 Å². The second-order valence-electron chi connectivity index (χ2n) is 3.44. The summed E-state index contributed by atoms with van der Waals surface area (Å²) < 4.78 is 15.4. The highest BCUT2D eigenvalue weighted by atomic mass is 16.5. The lowest BCUT2D eigenvalue weighted by Gasteiger charge is -2.08. The molecule has 0 bridgehead atoms. The van der Waals surface area contributed by atoms with Crippen LogP contribution < -0.4 is 9.47 Å². The Labute approximate surface area is 101 Å². The van der Waals surface area contributed by atoms with Crippen LogP contribution in [0.5, 0.6) is 11.5 Å². The van der Waals surface area contributed by atoms with E-state index in [2.05, 4.69) is 4.74 Å². The molecule has 0 radical (unpaired) electrons. The molecule has 94 valence electrons. The van der Waals surface area contributed by atoms with Crippen molar-refractivity contribution in [3.8, 4) is 11.5 Å². The van der Waals surface area contributed by atoms with E-state index in [0.29, 0.717) is 26.1 Å². The van der Waals surface area contributed by atoms with E-state index in [1.54, 1.807) is 0 Å². The highest BCUT2D eigenvalue weighted by Crippen LogP contribution is 2.19. The molecule has 0 amide bonds. The van der Waals surface area contributed by atoms with Gasteiger partial charge in [-0.15, -0.1) is 0 Å². The fourth-order valence-electron chi connectivity index (χ4n) is 1.33. The predicted octanol–water partition coefficient (Wildman–Crippen LogP) is 2.42. The molecule has 0 unspecified atom stereocenters. The van der Waals surface area contributed by atoms with E-state index >= 15 is 0 Å². The molecule has 0 atom stereocenters. The zero-order valence-electron chi connectivity index (χ0n) is 10.3. The minimum atomic E-state index is -0.211. The van der Waals surface area contributed by atoms with E-state index in [1.165, 1.54) is 7.11 Å². The quantitative estimate of drug-likeness (QED) is 0.540. The van der Waals surface area contributed by atoms with Gasteiger partial charge >= 0.3 is 5.97 Å². The molecular weight excluding hydrogens is 220 g/mol. The Morgan fingerprint density at radius 1 is 1.24 bits per heavy atom. The molecule has 4 nitrogen and oxygen atoms in total. The van der Waals surface area contributed by atoms with Gasteiger partial charge in [0, 0.05) is 12.5 Å². The molecule has 4 heteroatoms. The molecule has 0 saturated carbocycles. The molecule has 0 aliphatic rings. The van der Waals surface area contributed by atoms with Crippen LogP contribution in [-0.4, -0.2) is 26.3 Å². The molecule has 0 saturated heterocycles. The molecule has 1 rings (SSSR count). The maximum Gasteiger partial charge on any atom is 0.305 e. The van der Waals surface area contributed by atoms with Gasteiger partial charge in [-0.2, -0.15) is 0 Å². The van der Waals surface area contributed by atoms with Crippen molar-refractivity contribution in [2.45, 2.75) is 19.8 Å². The van der Waals surface area contributed by atoms with Crippen LogP contribution in [0.1, 0.15) is 19.8 Å². The summed E-state index contributed by atoms with van der Waals surface area (Å²) in [5, 5.41) is 0. The monoisotopic (exact) mass is 238 g/mol. The molecular formula is C13H18O4. The lowest BCUT2D eigenvalue weighted by molar-refractivity contribution is -0.140. The maximum atomic E-state index is 10.9. The van der Waals surface area contributed by atoms with Gasteiger partial charge < -0.3 is 14.2 Å². The topological polar surface area (TPSA) is 44.8 Å². The van der Waals surface area contributed by atoms with Crippen molar-refractivity contribution in [2.24, 2.45) is 0 Å². The third kappa shape index (κ3) is 5.24. The minimum Gasteiger partial charge on any atom is -0.494 e. The van der Waals surface area contributed by atoms with Gasteiger partial charge in [0.2, 0.25) is 0 Å². The van der Waals surface area contributed by atoms with Crippen molar-refractivity contribution >= 4 is 5.97 Å². The van der Waals surface area contributed by atoms with E-state index in [-0.39, 0.29) is 5.97 Å². The Morgan fingerprint density at radius 2 is 1.94 bits per heavy atom. The maximum absolute atomic E-state index is 10.9. The SMILES string of the molecule is CCOc1cccc(OCCCC(=O)OC)c1. The molecule has 1 aromatic carbocycles. The average Bonchev–Trinajstić information content (AvgIpc) is 2.35. The summed E-state index contributed by atoms with van der Waals surface area (Å²) >= 11 is 0. The molecule has 0 spiro atoms. The van der Waals surface area contributed by atoms with Crippen LogP contribution in [0, 0.1) is 0 Å². The fourth-order valence-corrected chi connectivity index (χ4v) is 1.33. The minimum absolute atomic E-state index is 0.211. The van der Waals surface area contributed by atoms with Gasteiger partial charge in [0.25, 0.3) is 0 Å². The van der Waals surface area contributed by atoms with Crippen molar-refractivity contribution in [1.29, 1.82) is 0 Å². The Balaban J connectivity index is 2.31. The van der Waals surface area contributed by atoms with Crippen molar-refractivity contribution in [2.75, 3.05) is 20.3 Å². The van der Waals surface area contributed by atoms with Crippen LogP contribution in [0.2, 0.25) is 0 Å². The average molecular weight is 238 g/mol. The van der Waals surface area contributed by atoms with Crippen molar-refractivity contribution in [3.63, 3.8) is 0 Å². The summed E-state index contributed by atoms with van der Waals surface area (Å²) in [4.78, 5) is 10.9. The van der Waals surface area contributed by atoms with Gasteiger partial charge in [-0.25, -0.2) is 0 Å². The first kappa shape index (κ1) is 13.4. The van der Waals surface area contributed by atoms with E-state index in [1.807, 2.05) is 31.2 Å². The first-order valence-electron chi connectivity index (χ1n) is 5.68. The van der Waals surface area contributed by atoms with E-state index in [4.69, 9.17) is 9.47 Å². The van der Waals surface area contributed by atoms with E-state index < -0.39 is 0 Å². The third-order valence-electron chi connectivity index (χ3n) is 2.14. The molecule has 0 fully saturated rings. The summed E-state index contributed by atoms with van der Waals surface area (Å²) in [6.07, 6.45) is 1.02. The van der Waals surface area contributed by atoms with Crippen LogP contribution in [0.3, 0.4) is 0 Å². The van der Waals surface area contributed by atoms with Crippen LogP contribution in [0.15, 0.2) is 24.3 Å². The highest BCUT2D eigenvalue weighted by Gasteiger charge is 2.01. The Morgan fingerprint density at radius 3 is 2.59 bits per heavy atom. The van der Waals surface area contributed by atoms with Gasteiger partial charge in [0.15, 0.2) is 0 Å². The number of ether oxygens (including phenoxy) is 3. The summed E-state index contributed by atoms with van der Waals surface area (Å²) in [5.74, 6) is 1.33. The number of hydrogen-bond donors (Lipinski definition) is 0. The summed E-state index contributed by atoms with van der Waals surface area (Å²) in [6, 6.07) is 7.45. The molecule has 0 aliphatic heterocycles. The van der Waals surface area contributed by atoms with Crippen molar-refractivity contribution in [3.05, 3.63) is 24.3 Å². The molecule has 0 aliphatic carbocycles. The number of hydrogen-bond acceptors (Lipinski definition) is 4. The smallest absolute Gasteiger partial charge is 0.305 e. The van der Waals surface area contributed by atoms with Crippen LogP contribution in [0.4, 0.5) is 0 Å². The zero-order valence-corrected chi connectivity index (χ0v) is 10.3. The van der Waals surface area contributed by atoms with Crippen LogP contribution in [0.25, 0.3) is 0 Å². The highest BCUT2D eigenvalue weighted by molar-refractivity contribution is 5.69. The number of esters is 1. The van der Waals surface area contributed by atoms with Gasteiger partial charge in [-0.3, -0.25) is 4.79 Å². The van der Waals surface area contributed by atoms with E-state index in [9.17, 15) is 4.79 Å². The number of carbonyl (C=O) groups excluding carboxylic acids is 1. The third-order valence-corrected chi connectivity index (χ3v) is 2.14. The normalized spacial score (nSPS) is 9.76.